The fraction of sp³-hybridized carbons (Fsp3) is 0. The Morgan fingerprint density at radius 1 is 1.33 bits per heavy atom. The van der Waals surface area contributed by atoms with Crippen LogP contribution in [0.15, 0.2) is 41.7 Å². The van der Waals surface area contributed by atoms with Crippen molar-refractivity contribution < 1.29 is 10.0 Å². The lowest BCUT2D eigenvalue weighted by Crippen LogP contribution is -1.93. The molecule has 8 nitrogen and oxygen atoms in total. The number of H-pyrrole nitrogens is 1. The van der Waals surface area contributed by atoms with E-state index in [1.165, 1.54) is 18.6 Å². The number of aromatic nitrogens is 3. The number of benzene rings is 2. The highest BCUT2D eigenvalue weighted by molar-refractivity contribution is 6.02. The van der Waals surface area contributed by atoms with Gasteiger partial charge < -0.3 is 5.11 Å². The van der Waals surface area contributed by atoms with Gasteiger partial charge in [-0.1, -0.05) is 18.2 Å². The first-order valence-corrected chi connectivity index (χ1v) is 5.95. The Hall–Kier alpha value is -3.29. The molecule has 2 aromatic carbocycles. The number of hydrogen-bond acceptors (Lipinski definition) is 6. The van der Waals surface area contributed by atoms with E-state index in [-0.39, 0.29) is 22.9 Å². The van der Waals surface area contributed by atoms with E-state index in [0.717, 1.165) is 0 Å². The lowest BCUT2D eigenvalue weighted by Gasteiger charge is -2.05. The lowest BCUT2D eigenvalue weighted by atomic mass is 10.0. The van der Waals surface area contributed by atoms with Crippen molar-refractivity contribution in [3.05, 3.63) is 52.3 Å². The van der Waals surface area contributed by atoms with Crippen LogP contribution in [0.25, 0.3) is 10.8 Å². The van der Waals surface area contributed by atoms with Crippen molar-refractivity contribution in [3.8, 4) is 5.75 Å². The second-order valence-electron chi connectivity index (χ2n) is 4.20. The SMILES string of the molecule is O=[N+]([O-])c1cc(/C=N/c2ncn[nH]2)c(O)c2ccccc12. The van der Waals surface area contributed by atoms with Gasteiger partial charge >= 0.3 is 0 Å². The number of phenolic OH excluding ortho intramolecular Hbond substituents is 1. The summed E-state index contributed by atoms with van der Waals surface area (Å²) in [5.74, 6) is 0.171. The Morgan fingerprint density at radius 2 is 2.10 bits per heavy atom. The van der Waals surface area contributed by atoms with Crippen LogP contribution in [0.4, 0.5) is 11.6 Å². The molecule has 1 heterocycles. The van der Waals surface area contributed by atoms with Crippen LogP contribution in [0.5, 0.6) is 5.75 Å². The van der Waals surface area contributed by atoms with Crippen molar-refractivity contribution in [2.75, 3.05) is 0 Å². The Balaban J connectivity index is 2.19. The maximum atomic E-state index is 11.2. The first-order chi connectivity index (χ1) is 10.2. The van der Waals surface area contributed by atoms with Gasteiger partial charge in [-0.2, -0.15) is 10.1 Å². The average molecular weight is 283 g/mol. The van der Waals surface area contributed by atoms with Crippen LogP contribution in [0, 0.1) is 10.1 Å². The van der Waals surface area contributed by atoms with E-state index in [9.17, 15) is 15.2 Å². The minimum atomic E-state index is -0.492. The van der Waals surface area contributed by atoms with Gasteiger partial charge in [0.25, 0.3) is 5.69 Å². The van der Waals surface area contributed by atoms with Crippen LogP contribution in [0.2, 0.25) is 0 Å². The van der Waals surface area contributed by atoms with E-state index in [2.05, 4.69) is 20.2 Å². The third-order valence-electron chi connectivity index (χ3n) is 2.95. The smallest absolute Gasteiger partial charge is 0.278 e. The Bertz CT molecular complexity index is 842. The maximum absolute atomic E-state index is 11.2. The molecule has 0 aliphatic rings. The first-order valence-electron chi connectivity index (χ1n) is 5.95. The highest BCUT2D eigenvalue weighted by atomic mass is 16.6. The number of nitrogens with one attached hydrogen (secondary N) is 1. The fourth-order valence-electron chi connectivity index (χ4n) is 2.00. The minimum Gasteiger partial charge on any atom is -0.507 e. The average Bonchev–Trinajstić information content (AvgIpc) is 3.00. The molecule has 0 unspecified atom stereocenters. The number of aromatic amines is 1. The monoisotopic (exact) mass is 283 g/mol. The molecule has 0 aliphatic carbocycles. The highest BCUT2D eigenvalue weighted by Gasteiger charge is 2.17. The number of hydrogen-bond donors (Lipinski definition) is 2. The zero-order chi connectivity index (χ0) is 14.8. The summed E-state index contributed by atoms with van der Waals surface area (Å²) in [6.07, 6.45) is 2.59. The number of aromatic hydroxyl groups is 1. The Kier molecular flexibility index (Phi) is 3.03. The predicted octanol–water partition coefficient (Wildman–Crippen LogP) is 2.32. The van der Waals surface area contributed by atoms with Gasteiger partial charge in [0.05, 0.1) is 10.3 Å². The molecule has 21 heavy (non-hydrogen) atoms. The van der Waals surface area contributed by atoms with Crippen molar-refractivity contribution >= 4 is 28.6 Å². The van der Waals surface area contributed by atoms with Gasteiger partial charge in [-0.25, -0.2) is 10.1 Å². The second-order valence-corrected chi connectivity index (χ2v) is 4.20. The molecular weight excluding hydrogens is 274 g/mol. The summed E-state index contributed by atoms with van der Waals surface area (Å²) in [5.41, 5.74) is 0.138. The van der Waals surface area contributed by atoms with Crippen molar-refractivity contribution in [3.63, 3.8) is 0 Å². The summed E-state index contributed by atoms with van der Waals surface area (Å²) in [6, 6.07) is 7.85. The van der Waals surface area contributed by atoms with Crippen molar-refractivity contribution in [1.29, 1.82) is 0 Å². The summed E-state index contributed by atoms with van der Waals surface area (Å²) in [6.45, 7) is 0. The zero-order valence-corrected chi connectivity index (χ0v) is 10.6. The van der Waals surface area contributed by atoms with E-state index in [1.807, 2.05) is 0 Å². The number of fused-ring (bicyclic) bond motifs is 1. The molecule has 0 fully saturated rings. The van der Waals surface area contributed by atoms with Gasteiger partial charge in [-0.3, -0.25) is 10.1 Å². The van der Waals surface area contributed by atoms with E-state index in [0.29, 0.717) is 10.8 Å². The van der Waals surface area contributed by atoms with Crippen LogP contribution < -0.4 is 0 Å². The summed E-state index contributed by atoms with van der Waals surface area (Å²) >= 11 is 0. The molecular formula is C13H9N5O3. The molecule has 0 atom stereocenters. The number of nitro benzene ring substituents is 1. The van der Waals surface area contributed by atoms with Crippen LogP contribution in [-0.4, -0.2) is 31.4 Å². The Morgan fingerprint density at radius 3 is 2.76 bits per heavy atom. The third kappa shape index (κ3) is 2.29. The van der Waals surface area contributed by atoms with Gasteiger partial charge in [-0.15, -0.1) is 0 Å². The van der Waals surface area contributed by atoms with Gasteiger partial charge in [0, 0.05) is 23.2 Å². The van der Waals surface area contributed by atoms with E-state index in [1.54, 1.807) is 24.3 Å². The fourth-order valence-corrected chi connectivity index (χ4v) is 2.00. The molecule has 8 heteroatoms. The first kappa shape index (κ1) is 12.7. The largest absolute Gasteiger partial charge is 0.507 e. The van der Waals surface area contributed by atoms with Crippen LogP contribution in [-0.2, 0) is 0 Å². The number of aliphatic imine (C=N–C) groups is 1. The van der Waals surface area contributed by atoms with Crippen molar-refractivity contribution in [2.24, 2.45) is 4.99 Å². The highest BCUT2D eigenvalue weighted by Crippen LogP contribution is 2.34. The molecule has 3 aromatic rings. The summed E-state index contributed by atoms with van der Waals surface area (Å²) in [7, 11) is 0. The molecule has 0 saturated heterocycles. The second kappa shape index (κ2) is 5.00. The zero-order valence-electron chi connectivity index (χ0n) is 10.6. The van der Waals surface area contributed by atoms with Gasteiger partial charge in [-0.05, 0) is 6.07 Å². The minimum absolute atomic E-state index is 0.0699. The molecule has 0 bridgehead atoms. The molecule has 2 N–H and O–H groups in total. The molecule has 0 saturated carbocycles. The summed E-state index contributed by atoms with van der Waals surface area (Å²) < 4.78 is 0. The molecule has 3 rings (SSSR count). The Labute approximate surface area is 117 Å². The summed E-state index contributed by atoms with van der Waals surface area (Å²) in [4.78, 5) is 18.4. The number of non-ortho nitro benzene ring substituents is 1. The van der Waals surface area contributed by atoms with E-state index in [4.69, 9.17) is 0 Å². The van der Waals surface area contributed by atoms with E-state index >= 15 is 0 Å². The van der Waals surface area contributed by atoms with Crippen molar-refractivity contribution in [2.45, 2.75) is 0 Å². The van der Waals surface area contributed by atoms with Gasteiger partial charge in [0.2, 0.25) is 5.95 Å². The standard InChI is InChI=1S/C13H9N5O3/c19-12-8(6-14-13-15-7-16-17-13)5-11(18(20)21)9-3-1-2-4-10(9)12/h1-7,19H,(H,15,16,17)/b14-6+. The van der Waals surface area contributed by atoms with Crippen LogP contribution in [0.3, 0.4) is 0 Å². The molecule has 0 amide bonds. The van der Waals surface area contributed by atoms with Gasteiger partial charge in [0.1, 0.15) is 12.1 Å². The summed E-state index contributed by atoms with van der Waals surface area (Å²) in [5, 5.41) is 28.3. The topological polar surface area (TPSA) is 117 Å². The predicted molar refractivity (Wildman–Crippen MR) is 75.9 cm³/mol. The van der Waals surface area contributed by atoms with Crippen molar-refractivity contribution in [1.82, 2.24) is 15.2 Å². The molecule has 0 aliphatic heterocycles. The number of nitro groups is 1. The number of nitrogens with zero attached hydrogens (tertiary/aromatic N) is 4. The quantitative estimate of drug-likeness (QED) is 0.434. The normalized spacial score (nSPS) is 11.2. The molecule has 1 aromatic heterocycles. The van der Waals surface area contributed by atoms with Gasteiger partial charge in [0.15, 0.2) is 0 Å². The van der Waals surface area contributed by atoms with Crippen LogP contribution in [0.1, 0.15) is 5.56 Å². The third-order valence-corrected chi connectivity index (χ3v) is 2.95. The molecule has 104 valence electrons. The molecule has 0 radical (unpaired) electrons. The molecule has 0 spiro atoms. The maximum Gasteiger partial charge on any atom is 0.278 e. The lowest BCUT2D eigenvalue weighted by molar-refractivity contribution is -0.383. The number of phenols is 1. The number of rotatable bonds is 3. The van der Waals surface area contributed by atoms with E-state index < -0.39 is 4.92 Å². The van der Waals surface area contributed by atoms with Crippen LogP contribution >= 0.6 is 0 Å².